The number of halogens is 1. The van der Waals surface area contributed by atoms with E-state index in [1.165, 1.54) is 0 Å². The zero-order valence-corrected chi connectivity index (χ0v) is 16.7. The van der Waals surface area contributed by atoms with Crippen LogP contribution in [0.25, 0.3) is 0 Å². The van der Waals surface area contributed by atoms with E-state index >= 15 is 0 Å². The van der Waals surface area contributed by atoms with Crippen LogP contribution in [0.3, 0.4) is 0 Å². The lowest BCUT2D eigenvalue weighted by Gasteiger charge is -2.12. The number of aryl methyl sites for hydroxylation is 1. The van der Waals surface area contributed by atoms with Gasteiger partial charge in [0.15, 0.2) is 5.11 Å². The van der Waals surface area contributed by atoms with Gasteiger partial charge in [0.05, 0.1) is 6.61 Å². The molecule has 0 spiro atoms. The summed E-state index contributed by atoms with van der Waals surface area (Å²) in [5, 5.41) is 5.93. The Labute approximate surface area is 162 Å². The van der Waals surface area contributed by atoms with Crippen molar-refractivity contribution >= 4 is 44.9 Å². The fourth-order valence-corrected chi connectivity index (χ4v) is 2.66. The number of benzene rings is 2. The third-order valence-electron chi connectivity index (χ3n) is 3.52. The fraction of sp³-hybridized carbons (Fsp3) is 0.263. The largest absolute Gasteiger partial charge is 0.494 e. The molecule has 0 saturated carbocycles. The highest BCUT2D eigenvalue weighted by molar-refractivity contribution is 9.10. The summed E-state index contributed by atoms with van der Waals surface area (Å²) < 4.78 is 6.55. The van der Waals surface area contributed by atoms with Crippen molar-refractivity contribution in [3.8, 4) is 5.75 Å². The summed E-state index contributed by atoms with van der Waals surface area (Å²) in [7, 11) is 0. The third-order valence-corrected chi connectivity index (χ3v) is 4.58. The van der Waals surface area contributed by atoms with Crippen molar-refractivity contribution in [2.75, 3.05) is 11.9 Å². The SMILES string of the molecule is CCCCOc1cccc(NC(=S)NC(=O)c2ccc(C)c(Br)c2)c1. The van der Waals surface area contributed by atoms with E-state index in [0.29, 0.717) is 12.2 Å². The number of rotatable bonds is 6. The van der Waals surface area contributed by atoms with Crippen LogP contribution in [0.15, 0.2) is 46.9 Å². The monoisotopic (exact) mass is 420 g/mol. The molecule has 2 aromatic carbocycles. The van der Waals surface area contributed by atoms with E-state index in [1.807, 2.05) is 37.3 Å². The summed E-state index contributed by atoms with van der Waals surface area (Å²) in [4.78, 5) is 12.3. The molecule has 2 rings (SSSR count). The van der Waals surface area contributed by atoms with Crippen LogP contribution >= 0.6 is 28.1 Å². The quantitative estimate of drug-likeness (QED) is 0.506. The highest BCUT2D eigenvalue weighted by atomic mass is 79.9. The Morgan fingerprint density at radius 2 is 2.04 bits per heavy atom. The molecule has 0 aliphatic heterocycles. The Hall–Kier alpha value is -1.92. The van der Waals surface area contributed by atoms with Crippen molar-refractivity contribution in [2.24, 2.45) is 0 Å². The van der Waals surface area contributed by atoms with Gasteiger partial charge in [-0.15, -0.1) is 0 Å². The van der Waals surface area contributed by atoms with Gasteiger partial charge in [-0.2, -0.15) is 0 Å². The molecule has 25 heavy (non-hydrogen) atoms. The second-order valence-corrected chi connectivity index (χ2v) is 6.86. The average Bonchev–Trinajstić information content (AvgIpc) is 2.57. The smallest absolute Gasteiger partial charge is 0.257 e. The van der Waals surface area contributed by atoms with Gasteiger partial charge in [-0.25, -0.2) is 0 Å². The highest BCUT2D eigenvalue weighted by Gasteiger charge is 2.09. The van der Waals surface area contributed by atoms with Crippen molar-refractivity contribution in [1.29, 1.82) is 0 Å². The molecule has 0 unspecified atom stereocenters. The normalized spacial score (nSPS) is 10.2. The molecule has 132 valence electrons. The van der Waals surface area contributed by atoms with E-state index in [9.17, 15) is 4.79 Å². The number of unbranched alkanes of at least 4 members (excludes halogenated alkanes) is 1. The minimum absolute atomic E-state index is 0.243. The van der Waals surface area contributed by atoms with Gasteiger partial charge in [0.25, 0.3) is 5.91 Å². The van der Waals surface area contributed by atoms with Crippen LogP contribution in [-0.4, -0.2) is 17.6 Å². The number of hydrogen-bond acceptors (Lipinski definition) is 3. The number of amides is 1. The Morgan fingerprint density at radius 3 is 2.76 bits per heavy atom. The lowest BCUT2D eigenvalue weighted by atomic mass is 10.1. The van der Waals surface area contributed by atoms with Crippen LogP contribution in [0.2, 0.25) is 0 Å². The molecule has 0 atom stereocenters. The molecule has 0 bridgehead atoms. The Kier molecular flexibility index (Phi) is 7.40. The fourth-order valence-electron chi connectivity index (χ4n) is 2.07. The molecule has 0 saturated heterocycles. The maximum atomic E-state index is 12.3. The topological polar surface area (TPSA) is 50.4 Å². The maximum Gasteiger partial charge on any atom is 0.257 e. The Balaban J connectivity index is 1.94. The van der Waals surface area contributed by atoms with Crippen LogP contribution in [-0.2, 0) is 0 Å². The summed E-state index contributed by atoms with van der Waals surface area (Å²) in [5.74, 6) is 0.517. The molecule has 2 aromatic rings. The van der Waals surface area contributed by atoms with Crippen LogP contribution in [0.5, 0.6) is 5.75 Å². The first-order valence-electron chi connectivity index (χ1n) is 8.11. The van der Waals surface area contributed by atoms with Gasteiger partial charge in [0, 0.05) is 21.8 Å². The zero-order valence-electron chi connectivity index (χ0n) is 14.3. The van der Waals surface area contributed by atoms with Crippen LogP contribution < -0.4 is 15.4 Å². The van der Waals surface area contributed by atoms with E-state index in [1.54, 1.807) is 12.1 Å². The van der Waals surface area contributed by atoms with Gasteiger partial charge in [-0.05, 0) is 55.4 Å². The molecular weight excluding hydrogens is 400 g/mol. The Bertz CT molecular complexity index is 765. The molecule has 2 N–H and O–H groups in total. The number of hydrogen-bond donors (Lipinski definition) is 2. The lowest BCUT2D eigenvalue weighted by Crippen LogP contribution is -2.34. The van der Waals surface area contributed by atoms with Crippen molar-refractivity contribution in [1.82, 2.24) is 5.32 Å². The van der Waals surface area contributed by atoms with Crippen molar-refractivity contribution in [3.63, 3.8) is 0 Å². The predicted molar refractivity (Wildman–Crippen MR) is 109 cm³/mol. The van der Waals surface area contributed by atoms with Crippen molar-refractivity contribution in [2.45, 2.75) is 26.7 Å². The van der Waals surface area contributed by atoms with Gasteiger partial charge in [0.1, 0.15) is 5.75 Å². The van der Waals surface area contributed by atoms with Gasteiger partial charge in [-0.3, -0.25) is 10.1 Å². The number of carbonyl (C=O) groups is 1. The van der Waals surface area contributed by atoms with E-state index < -0.39 is 0 Å². The second kappa shape index (κ2) is 9.53. The number of nitrogens with one attached hydrogen (secondary N) is 2. The van der Waals surface area contributed by atoms with Crippen LogP contribution in [0.4, 0.5) is 5.69 Å². The number of carbonyl (C=O) groups excluding carboxylic acids is 1. The van der Waals surface area contributed by atoms with Crippen molar-refractivity contribution < 1.29 is 9.53 Å². The van der Waals surface area contributed by atoms with Crippen LogP contribution in [0.1, 0.15) is 35.7 Å². The van der Waals surface area contributed by atoms with Crippen LogP contribution in [0, 0.1) is 6.92 Å². The second-order valence-electron chi connectivity index (χ2n) is 5.60. The summed E-state index contributed by atoms with van der Waals surface area (Å²) in [6.07, 6.45) is 2.10. The summed E-state index contributed by atoms with van der Waals surface area (Å²) >= 11 is 8.65. The lowest BCUT2D eigenvalue weighted by molar-refractivity contribution is 0.0977. The third kappa shape index (κ3) is 6.14. The molecule has 0 aliphatic carbocycles. The molecule has 4 nitrogen and oxygen atoms in total. The van der Waals surface area contributed by atoms with Gasteiger partial charge < -0.3 is 10.1 Å². The molecule has 0 fully saturated rings. The van der Waals surface area contributed by atoms with Crippen molar-refractivity contribution in [3.05, 3.63) is 58.1 Å². The summed E-state index contributed by atoms with van der Waals surface area (Å²) in [6, 6.07) is 12.9. The predicted octanol–water partition coefficient (Wildman–Crippen LogP) is 5.06. The number of ether oxygens (including phenoxy) is 1. The van der Waals surface area contributed by atoms with E-state index in [2.05, 4.69) is 33.5 Å². The average molecular weight is 421 g/mol. The van der Waals surface area contributed by atoms with Gasteiger partial charge in [0.2, 0.25) is 0 Å². The minimum atomic E-state index is -0.256. The molecule has 1 amide bonds. The molecule has 6 heteroatoms. The van der Waals surface area contributed by atoms with Gasteiger partial charge >= 0.3 is 0 Å². The number of thiocarbonyl (C=S) groups is 1. The first-order chi connectivity index (χ1) is 12.0. The first kappa shape index (κ1) is 19.4. The summed E-state index contributed by atoms with van der Waals surface area (Å²) in [5.41, 5.74) is 2.37. The molecule has 0 aliphatic rings. The number of anilines is 1. The maximum absolute atomic E-state index is 12.3. The van der Waals surface area contributed by atoms with E-state index in [0.717, 1.165) is 34.3 Å². The Morgan fingerprint density at radius 1 is 1.24 bits per heavy atom. The van der Waals surface area contributed by atoms with E-state index in [-0.39, 0.29) is 11.0 Å². The highest BCUT2D eigenvalue weighted by Crippen LogP contribution is 2.19. The molecular formula is C19H21BrN2O2S. The summed E-state index contributed by atoms with van der Waals surface area (Å²) in [6.45, 7) is 4.77. The standard InChI is InChI=1S/C19H21BrN2O2S/c1-3-4-10-24-16-7-5-6-15(12-16)21-19(25)22-18(23)14-9-8-13(2)17(20)11-14/h5-9,11-12H,3-4,10H2,1-2H3,(H2,21,22,23,25). The zero-order chi connectivity index (χ0) is 18.2. The molecule has 0 radical (unpaired) electrons. The van der Waals surface area contributed by atoms with Gasteiger partial charge in [-0.1, -0.05) is 41.4 Å². The first-order valence-corrected chi connectivity index (χ1v) is 9.31. The molecule has 0 aromatic heterocycles. The van der Waals surface area contributed by atoms with E-state index in [4.69, 9.17) is 17.0 Å². The minimum Gasteiger partial charge on any atom is -0.494 e. The molecule has 0 heterocycles.